The van der Waals surface area contributed by atoms with Crippen LogP contribution in [0.3, 0.4) is 0 Å². The summed E-state index contributed by atoms with van der Waals surface area (Å²) in [4.78, 5) is 15.4. The van der Waals surface area contributed by atoms with Crippen molar-refractivity contribution in [1.29, 1.82) is 0 Å². The number of amides is 2. The molecule has 3 N–H and O–H groups in total. The van der Waals surface area contributed by atoms with Crippen LogP contribution in [0.1, 0.15) is 18.9 Å². The summed E-state index contributed by atoms with van der Waals surface area (Å²) < 4.78 is 1.11. The van der Waals surface area contributed by atoms with Crippen LogP contribution in [-0.2, 0) is 5.54 Å². The molecule has 0 bridgehead atoms. The predicted molar refractivity (Wildman–Crippen MR) is 65.4 cm³/mol. The minimum Gasteiger partial charge on any atom is -0.352 e. The summed E-state index contributed by atoms with van der Waals surface area (Å²) in [6, 6.07) is 7.34. The van der Waals surface area contributed by atoms with Gasteiger partial charge in [0, 0.05) is 0 Å². The van der Waals surface area contributed by atoms with E-state index in [9.17, 15) is 4.79 Å². The van der Waals surface area contributed by atoms with Crippen molar-refractivity contribution in [3.05, 3.63) is 29.3 Å². The molecule has 2 rings (SSSR count). The van der Waals surface area contributed by atoms with Gasteiger partial charge in [0.15, 0.2) is 0 Å². The molecule has 0 radical (unpaired) electrons. The Bertz CT molecular complexity index is 500. The Morgan fingerprint density at radius 1 is 1.44 bits per heavy atom. The molecule has 0 atom stereocenters. The maximum absolute atomic E-state index is 10.9. The molecular weight excluding hydrogens is 222 g/mol. The van der Waals surface area contributed by atoms with Gasteiger partial charge >= 0.3 is 6.03 Å². The van der Waals surface area contributed by atoms with Crippen LogP contribution in [0.25, 0.3) is 10.2 Å². The summed E-state index contributed by atoms with van der Waals surface area (Å²) in [5.41, 5.74) is 5.55. The van der Waals surface area contributed by atoms with E-state index in [0.29, 0.717) is 0 Å². The van der Waals surface area contributed by atoms with E-state index in [1.54, 1.807) is 11.3 Å². The number of hydrogen-bond acceptors (Lipinski definition) is 3. The van der Waals surface area contributed by atoms with Crippen LogP contribution in [0.4, 0.5) is 4.79 Å². The number of nitrogens with zero attached hydrogens (tertiary/aromatic N) is 1. The number of primary amides is 1. The Labute approximate surface area is 97.5 Å². The SMILES string of the molecule is CC(C)(NC(N)=O)c1nc2ccccc2s1. The van der Waals surface area contributed by atoms with E-state index in [1.807, 2.05) is 38.1 Å². The Balaban J connectivity index is 2.43. The van der Waals surface area contributed by atoms with Gasteiger partial charge in [-0.3, -0.25) is 0 Å². The first-order valence-corrected chi connectivity index (χ1v) is 5.74. The molecule has 1 aromatic heterocycles. The number of nitrogens with one attached hydrogen (secondary N) is 1. The van der Waals surface area contributed by atoms with E-state index in [-0.39, 0.29) is 0 Å². The lowest BCUT2D eigenvalue weighted by atomic mass is 10.1. The van der Waals surface area contributed by atoms with Crippen LogP contribution in [0.15, 0.2) is 24.3 Å². The zero-order valence-corrected chi connectivity index (χ0v) is 9.97. The lowest BCUT2D eigenvalue weighted by Crippen LogP contribution is -2.43. The van der Waals surface area contributed by atoms with Crippen LogP contribution >= 0.6 is 11.3 Å². The average Bonchev–Trinajstić information content (AvgIpc) is 2.59. The first-order valence-electron chi connectivity index (χ1n) is 4.93. The first kappa shape index (κ1) is 10.9. The molecule has 2 amide bonds. The maximum atomic E-state index is 10.9. The summed E-state index contributed by atoms with van der Waals surface area (Å²) in [5.74, 6) is 0. The van der Waals surface area contributed by atoms with Crippen molar-refractivity contribution in [2.45, 2.75) is 19.4 Å². The third-order valence-electron chi connectivity index (χ3n) is 2.26. The number of thiazole rings is 1. The molecule has 0 unspecified atom stereocenters. The van der Waals surface area contributed by atoms with Crippen molar-refractivity contribution in [3.8, 4) is 0 Å². The fourth-order valence-electron chi connectivity index (χ4n) is 1.50. The van der Waals surface area contributed by atoms with E-state index < -0.39 is 11.6 Å². The summed E-state index contributed by atoms with van der Waals surface area (Å²) in [7, 11) is 0. The molecule has 0 aliphatic heterocycles. The number of aromatic nitrogens is 1. The Kier molecular flexibility index (Phi) is 2.55. The minimum absolute atomic E-state index is 0.532. The standard InChI is InChI=1S/C11H13N3OS/c1-11(2,14-10(12)15)9-13-7-5-3-4-6-8(7)16-9/h3-6H,1-2H3,(H3,12,14,15). The average molecular weight is 235 g/mol. The molecule has 1 aromatic carbocycles. The summed E-state index contributed by atoms with van der Waals surface area (Å²) in [6.45, 7) is 3.77. The Morgan fingerprint density at radius 3 is 2.75 bits per heavy atom. The number of rotatable bonds is 2. The van der Waals surface area contributed by atoms with Crippen molar-refractivity contribution in [2.75, 3.05) is 0 Å². The summed E-state index contributed by atoms with van der Waals surface area (Å²) in [6.07, 6.45) is 0. The molecule has 0 saturated heterocycles. The molecule has 2 aromatic rings. The number of carbonyl (C=O) groups excluding carboxylic acids is 1. The summed E-state index contributed by atoms with van der Waals surface area (Å²) >= 11 is 1.56. The van der Waals surface area contributed by atoms with Crippen molar-refractivity contribution >= 4 is 27.6 Å². The lowest BCUT2D eigenvalue weighted by Gasteiger charge is -2.22. The fraction of sp³-hybridized carbons (Fsp3) is 0.273. The largest absolute Gasteiger partial charge is 0.352 e. The molecule has 0 aliphatic carbocycles. The number of carbonyl (C=O) groups is 1. The molecule has 5 heteroatoms. The molecular formula is C11H13N3OS. The number of hydrogen-bond donors (Lipinski definition) is 2. The third kappa shape index (κ3) is 1.99. The third-order valence-corrected chi connectivity index (χ3v) is 3.62. The highest BCUT2D eigenvalue weighted by atomic mass is 32.1. The van der Waals surface area contributed by atoms with Gasteiger partial charge in [0.05, 0.1) is 15.8 Å². The molecule has 16 heavy (non-hydrogen) atoms. The van der Waals surface area contributed by atoms with Crippen LogP contribution in [0.5, 0.6) is 0 Å². The highest BCUT2D eigenvalue weighted by Crippen LogP contribution is 2.29. The minimum atomic E-state index is -0.538. The Hall–Kier alpha value is -1.62. The summed E-state index contributed by atoms with van der Waals surface area (Å²) in [5, 5.41) is 3.54. The van der Waals surface area contributed by atoms with Crippen molar-refractivity contribution < 1.29 is 4.79 Å². The topological polar surface area (TPSA) is 68.0 Å². The first-order chi connectivity index (χ1) is 7.49. The van der Waals surface area contributed by atoms with Gasteiger partial charge in [-0.2, -0.15) is 0 Å². The van der Waals surface area contributed by atoms with Gasteiger partial charge in [0.25, 0.3) is 0 Å². The van der Waals surface area contributed by atoms with Gasteiger partial charge in [-0.15, -0.1) is 11.3 Å². The highest BCUT2D eigenvalue weighted by molar-refractivity contribution is 7.18. The number of benzene rings is 1. The molecule has 0 fully saturated rings. The van der Waals surface area contributed by atoms with E-state index in [2.05, 4.69) is 10.3 Å². The number of urea groups is 1. The maximum Gasteiger partial charge on any atom is 0.312 e. The van der Waals surface area contributed by atoms with E-state index >= 15 is 0 Å². The van der Waals surface area contributed by atoms with Gasteiger partial charge in [-0.25, -0.2) is 9.78 Å². The quantitative estimate of drug-likeness (QED) is 0.837. The number of nitrogens with two attached hydrogens (primary N) is 1. The second-order valence-electron chi connectivity index (χ2n) is 4.10. The normalized spacial score (nSPS) is 11.6. The Morgan fingerprint density at radius 2 is 2.12 bits per heavy atom. The van der Waals surface area contributed by atoms with Crippen LogP contribution < -0.4 is 11.1 Å². The van der Waals surface area contributed by atoms with Crippen LogP contribution in [0.2, 0.25) is 0 Å². The molecule has 0 saturated carbocycles. The molecule has 1 heterocycles. The zero-order valence-electron chi connectivity index (χ0n) is 9.15. The van der Waals surface area contributed by atoms with Gasteiger partial charge in [0.2, 0.25) is 0 Å². The van der Waals surface area contributed by atoms with Crippen LogP contribution in [-0.4, -0.2) is 11.0 Å². The molecule has 0 spiro atoms. The van der Waals surface area contributed by atoms with Crippen molar-refractivity contribution in [3.63, 3.8) is 0 Å². The molecule has 4 nitrogen and oxygen atoms in total. The second-order valence-corrected chi connectivity index (χ2v) is 5.13. The monoisotopic (exact) mass is 235 g/mol. The van der Waals surface area contributed by atoms with Gasteiger partial charge in [0.1, 0.15) is 5.01 Å². The van der Waals surface area contributed by atoms with Crippen molar-refractivity contribution in [1.82, 2.24) is 10.3 Å². The van der Waals surface area contributed by atoms with Gasteiger partial charge in [-0.1, -0.05) is 12.1 Å². The van der Waals surface area contributed by atoms with Gasteiger partial charge in [-0.05, 0) is 26.0 Å². The smallest absolute Gasteiger partial charge is 0.312 e. The van der Waals surface area contributed by atoms with E-state index in [4.69, 9.17) is 5.73 Å². The predicted octanol–water partition coefficient (Wildman–Crippen LogP) is 2.20. The van der Waals surface area contributed by atoms with Gasteiger partial charge < -0.3 is 11.1 Å². The van der Waals surface area contributed by atoms with Crippen LogP contribution in [0, 0.1) is 0 Å². The lowest BCUT2D eigenvalue weighted by molar-refractivity contribution is 0.238. The number of para-hydroxylation sites is 1. The molecule has 0 aliphatic rings. The fourth-order valence-corrected chi connectivity index (χ4v) is 2.52. The second kappa shape index (κ2) is 3.75. The van der Waals surface area contributed by atoms with Crippen molar-refractivity contribution in [2.24, 2.45) is 5.73 Å². The van der Waals surface area contributed by atoms with E-state index in [1.165, 1.54) is 0 Å². The van der Waals surface area contributed by atoms with E-state index in [0.717, 1.165) is 15.2 Å². The highest BCUT2D eigenvalue weighted by Gasteiger charge is 2.25. The molecule has 84 valence electrons. The number of fused-ring (bicyclic) bond motifs is 1. The zero-order chi connectivity index (χ0) is 11.8.